The van der Waals surface area contributed by atoms with Crippen molar-refractivity contribution < 1.29 is 0 Å². The van der Waals surface area contributed by atoms with Gasteiger partial charge in [0.2, 0.25) is 0 Å². The van der Waals surface area contributed by atoms with Gasteiger partial charge in [0, 0.05) is 10.7 Å². The maximum absolute atomic E-state index is 5.48. The minimum Gasteiger partial charge on any atom is -0.329 e. The van der Waals surface area contributed by atoms with E-state index in [0.717, 1.165) is 21.2 Å². The first-order valence-corrected chi connectivity index (χ1v) is 7.59. The number of aromatic nitrogens is 3. The molecule has 0 fully saturated rings. The Morgan fingerprint density at radius 1 is 1.35 bits per heavy atom. The van der Waals surface area contributed by atoms with E-state index in [-0.39, 0.29) is 6.04 Å². The van der Waals surface area contributed by atoms with Gasteiger partial charge in [0.25, 0.3) is 0 Å². The van der Waals surface area contributed by atoms with Gasteiger partial charge in [-0.1, -0.05) is 28.1 Å². The minimum atomic E-state index is 0.128. The van der Waals surface area contributed by atoms with Gasteiger partial charge in [0.1, 0.15) is 0 Å². The molecular weight excluding hydrogens is 334 g/mol. The van der Waals surface area contributed by atoms with E-state index in [1.807, 2.05) is 24.4 Å². The molecule has 1 aromatic carbocycles. The van der Waals surface area contributed by atoms with E-state index in [1.165, 1.54) is 5.56 Å². The molecule has 0 spiro atoms. The highest BCUT2D eigenvalue weighted by Crippen LogP contribution is 2.26. The number of H-pyrrole nitrogens is 1. The second-order valence-corrected chi connectivity index (χ2v) is 6.16. The van der Waals surface area contributed by atoms with Gasteiger partial charge >= 0.3 is 0 Å². The highest BCUT2D eigenvalue weighted by atomic mass is 79.9. The smallest absolute Gasteiger partial charge is 0.179 e. The van der Waals surface area contributed by atoms with Crippen LogP contribution in [0.4, 0.5) is 0 Å². The van der Waals surface area contributed by atoms with E-state index in [0.29, 0.717) is 4.77 Å². The molecule has 1 atom stereocenters. The molecule has 5 heteroatoms. The van der Waals surface area contributed by atoms with Crippen LogP contribution in [-0.2, 0) is 0 Å². The number of halogens is 1. The van der Waals surface area contributed by atoms with Gasteiger partial charge in [-0.2, -0.15) is 0 Å². The van der Waals surface area contributed by atoms with Crippen LogP contribution in [0.1, 0.15) is 24.1 Å². The van der Waals surface area contributed by atoms with Crippen LogP contribution in [0.25, 0.3) is 11.2 Å². The Bertz CT molecular complexity index is 834. The number of benzene rings is 1. The maximum Gasteiger partial charge on any atom is 0.179 e. The molecule has 102 valence electrons. The molecule has 0 aliphatic heterocycles. The van der Waals surface area contributed by atoms with Crippen LogP contribution in [0, 0.1) is 11.7 Å². The van der Waals surface area contributed by atoms with Crippen molar-refractivity contribution in [2.24, 2.45) is 0 Å². The molecule has 0 radical (unpaired) electrons. The molecule has 1 N–H and O–H groups in total. The number of nitrogens with one attached hydrogen (secondary N) is 1. The van der Waals surface area contributed by atoms with Gasteiger partial charge in [0.05, 0.1) is 11.6 Å². The minimum absolute atomic E-state index is 0.128. The van der Waals surface area contributed by atoms with E-state index < -0.39 is 0 Å². The molecule has 20 heavy (non-hydrogen) atoms. The molecule has 0 aliphatic carbocycles. The summed E-state index contributed by atoms with van der Waals surface area (Å²) in [6.45, 7) is 4.19. The Morgan fingerprint density at radius 3 is 2.90 bits per heavy atom. The van der Waals surface area contributed by atoms with E-state index in [4.69, 9.17) is 12.2 Å². The molecule has 2 aromatic heterocycles. The highest BCUT2D eigenvalue weighted by molar-refractivity contribution is 9.10. The summed E-state index contributed by atoms with van der Waals surface area (Å²) in [5.41, 5.74) is 4.27. The number of rotatable bonds is 2. The zero-order valence-electron chi connectivity index (χ0n) is 11.2. The van der Waals surface area contributed by atoms with Crippen LogP contribution in [0.3, 0.4) is 0 Å². The number of aryl methyl sites for hydroxylation is 1. The first-order valence-electron chi connectivity index (χ1n) is 6.39. The topological polar surface area (TPSA) is 33.6 Å². The van der Waals surface area contributed by atoms with Crippen molar-refractivity contribution in [3.05, 3.63) is 56.9 Å². The lowest BCUT2D eigenvalue weighted by atomic mass is 10.1. The molecular formula is C15H14BrN3S. The predicted octanol–water partition coefficient (Wildman–Crippen LogP) is 4.77. The van der Waals surface area contributed by atoms with E-state index in [1.54, 1.807) is 0 Å². The second kappa shape index (κ2) is 5.14. The number of hydrogen-bond donors (Lipinski definition) is 1. The zero-order valence-corrected chi connectivity index (χ0v) is 13.6. The van der Waals surface area contributed by atoms with E-state index in [9.17, 15) is 0 Å². The van der Waals surface area contributed by atoms with Crippen LogP contribution in [0.2, 0.25) is 0 Å². The molecule has 1 unspecified atom stereocenters. The van der Waals surface area contributed by atoms with Crippen molar-refractivity contribution in [3.63, 3.8) is 0 Å². The molecule has 2 heterocycles. The zero-order chi connectivity index (χ0) is 14.3. The lowest BCUT2D eigenvalue weighted by molar-refractivity contribution is 0.643. The summed E-state index contributed by atoms with van der Waals surface area (Å²) in [7, 11) is 0. The Kier molecular flexibility index (Phi) is 3.48. The normalized spacial score (nSPS) is 12.8. The average molecular weight is 348 g/mol. The van der Waals surface area contributed by atoms with Gasteiger partial charge in [-0.15, -0.1) is 0 Å². The van der Waals surface area contributed by atoms with Crippen molar-refractivity contribution in [2.75, 3.05) is 0 Å². The number of hydrogen-bond acceptors (Lipinski definition) is 2. The molecule has 0 bridgehead atoms. The fourth-order valence-electron chi connectivity index (χ4n) is 2.42. The molecule has 3 aromatic rings. The van der Waals surface area contributed by atoms with Crippen LogP contribution in [-0.4, -0.2) is 14.5 Å². The monoisotopic (exact) mass is 347 g/mol. The van der Waals surface area contributed by atoms with E-state index >= 15 is 0 Å². The SMILES string of the molecule is Cc1ccnc2c1[nH]c(=S)n2C(C)c1cccc(Br)c1. The van der Waals surface area contributed by atoms with Gasteiger partial charge in [-0.25, -0.2) is 4.98 Å². The second-order valence-electron chi connectivity index (χ2n) is 4.86. The summed E-state index contributed by atoms with van der Waals surface area (Å²) in [6, 6.07) is 10.4. The van der Waals surface area contributed by atoms with Gasteiger partial charge in [0.15, 0.2) is 10.4 Å². The van der Waals surface area contributed by atoms with Crippen molar-refractivity contribution in [3.8, 4) is 0 Å². The fraction of sp³-hybridized carbons (Fsp3) is 0.200. The molecule has 3 nitrogen and oxygen atoms in total. The summed E-state index contributed by atoms with van der Waals surface area (Å²) in [6.07, 6.45) is 1.82. The summed E-state index contributed by atoms with van der Waals surface area (Å²) in [5.74, 6) is 0. The Labute approximate surface area is 130 Å². The standard InChI is InChI=1S/C15H14BrN3S/c1-9-6-7-17-14-13(9)18-15(20)19(14)10(2)11-4-3-5-12(16)8-11/h3-8,10H,1-2H3,(H,18,20). The fourth-order valence-corrected chi connectivity index (χ4v) is 3.18. The summed E-state index contributed by atoms with van der Waals surface area (Å²) >= 11 is 8.99. The van der Waals surface area contributed by atoms with Crippen molar-refractivity contribution in [1.82, 2.24) is 14.5 Å². The summed E-state index contributed by atoms with van der Waals surface area (Å²) in [4.78, 5) is 7.75. The summed E-state index contributed by atoms with van der Waals surface area (Å²) < 4.78 is 3.84. The van der Waals surface area contributed by atoms with Crippen LogP contribution in [0.5, 0.6) is 0 Å². The van der Waals surface area contributed by atoms with Crippen molar-refractivity contribution in [1.29, 1.82) is 0 Å². The first-order chi connectivity index (χ1) is 9.58. The first kappa shape index (κ1) is 13.5. The van der Waals surface area contributed by atoms with Crippen LogP contribution >= 0.6 is 28.1 Å². The lowest BCUT2D eigenvalue weighted by Crippen LogP contribution is -2.07. The van der Waals surface area contributed by atoms with Crippen LogP contribution < -0.4 is 0 Å². The van der Waals surface area contributed by atoms with Crippen molar-refractivity contribution in [2.45, 2.75) is 19.9 Å². The van der Waals surface area contributed by atoms with Gasteiger partial charge in [-0.05, 0) is 55.4 Å². The lowest BCUT2D eigenvalue weighted by Gasteiger charge is -2.15. The number of pyridine rings is 1. The predicted molar refractivity (Wildman–Crippen MR) is 87.6 cm³/mol. The average Bonchev–Trinajstić information content (AvgIpc) is 2.76. The largest absolute Gasteiger partial charge is 0.329 e. The summed E-state index contributed by atoms with van der Waals surface area (Å²) in [5, 5.41) is 0. The number of aromatic amines is 1. The molecule has 0 amide bonds. The Balaban J connectivity index is 2.22. The van der Waals surface area contributed by atoms with E-state index in [2.05, 4.69) is 56.4 Å². The molecule has 0 saturated heterocycles. The van der Waals surface area contributed by atoms with Crippen molar-refractivity contribution >= 4 is 39.3 Å². The highest BCUT2D eigenvalue weighted by Gasteiger charge is 2.15. The third-order valence-corrected chi connectivity index (χ3v) is 4.33. The maximum atomic E-state index is 5.48. The number of nitrogens with zero attached hydrogens (tertiary/aromatic N) is 2. The third-order valence-electron chi connectivity index (χ3n) is 3.54. The molecule has 3 rings (SSSR count). The van der Waals surface area contributed by atoms with Gasteiger partial charge < -0.3 is 4.98 Å². The van der Waals surface area contributed by atoms with Gasteiger partial charge in [-0.3, -0.25) is 4.57 Å². The quantitative estimate of drug-likeness (QED) is 0.677. The Hall–Kier alpha value is -1.46. The number of imidazole rings is 1. The Morgan fingerprint density at radius 2 is 2.15 bits per heavy atom. The number of fused-ring (bicyclic) bond motifs is 1. The molecule has 0 aliphatic rings. The van der Waals surface area contributed by atoms with Crippen LogP contribution in [0.15, 0.2) is 41.0 Å². The molecule has 0 saturated carbocycles. The third kappa shape index (κ3) is 2.21.